The fourth-order valence-electron chi connectivity index (χ4n) is 2.45. The minimum atomic E-state index is -3.42. The Hall–Kier alpha value is -2.71. The average molecular weight is 405 g/mol. The van der Waals surface area contributed by atoms with Crippen molar-refractivity contribution in [1.29, 1.82) is 0 Å². The summed E-state index contributed by atoms with van der Waals surface area (Å²) in [6.07, 6.45) is 4.20. The second kappa shape index (κ2) is 7.89. The smallest absolute Gasteiger partial charge is 0.253 e. The molecule has 2 aromatic carbocycles. The highest BCUT2D eigenvalue weighted by molar-refractivity contribution is 7.90. The number of nitrogens with zero attached hydrogens (tertiary/aromatic N) is 3. The monoisotopic (exact) mass is 404 g/mol. The van der Waals surface area contributed by atoms with Crippen molar-refractivity contribution in [3.63, 3.8) is 0 Å². The number of carbonyl (C=O) groups excluding carboxylic acids is 1. The predicted octanol–water partition coefficient (Wildman–Crippen LogP) is 2.31. The zero-order chi connectivity index (χ0) is 19.4. The third kappa shape index (κ3) is 4.93. The van der Waals surface area contributed by atoms with Crippen molar-refractivity contribution < 1.29 is 13.2 Å². The second-order valence-electron chi connectivity index (χ2n) is 6.01. The Bertz CT molecular complexity index is 1050. The normalized spacial score (nSPS) is 11.3. The van der Waals surface area contributed by atoms with Crippen LogP contribution in [0.15, 0.2) is 60.0 Å². The number of carbonyl (C=O) groups is 1. The predicted molar refractivity (Wildman–Crippen MR) is 101 cm³/mol. The largest absolute Gasteiger partial charge is 0.348 e. The van der Waals surface area contributed by atoms with Crippen LogP contribution in [-0.4, -0.2) is 35.3 Å². The van der Waals surface area contributed by atoms with E-state index < -0.39 is 15.7 Å². The summed E-state index contributed by atoms with van der Waals surface area (Å²) in [5.41, 5.74) is 2.09. The maximum atomic E-state index is 12.4. The van der Waals surface area contributed by atoms with Gasteiger partial charge in [-0.15, -0.1) is 0 Å². The Kier molecular flexibility index (Phi) is 5.57. The average Bonchev–Trinajstić information content (AvgIpc) is 3.13. The molecule has 0 bridgehead atoms. The Morgan fingerprint density at radius 3 is 2.48 bits per heavy atom. The van der Waals surface area contributed by atoms with E-state index in [-0.39, 0.29) is 15.5 Å². The molecule has 0 fully saturated rings. The van der Waals surface area contributed by atoms with Crippen molar-refractivity contribution in [1.82, 2.24) is 20.1 Å². The molecular weight excluding hydrogens is 388 g/mol. The van der Waals surface area contributed by atoms with Crippen LogP contribution in [-0.2, 0) is 22.9 Å². The van der Waals surface area contributed by atoms with Crippen LogP contribution >= 0.6 is 11.6 Å². The van der Waals surface area contributed by atoms with Gasteiger partial charge in [0, 0.05) is 12.8 Å². The molecule has 3 rings (SSSR count). The molecular formula is C18H17ClN4O3S. The van der Waals surface area contributed by atoms with Crippen LogP contribution < -0.4 is 5.32 Å². The number of hydrogen-bond acceptors (Lipinski definition) is 5. The van der Waals surface area contributed by atoms with E-state index in [9.17, 15) is 13.2 Å². The van der Waals surface area contributed by atoms with Crippen molar-refractivity contribution in [2.24, 2.45) is 0 Å². The van der Waals surface area contributed by atoms with Crippen LogP contribution in [0.2, 0.25) is 5.02 Å². The van der Waals surface area contributed by atoms with Crippen molar-refractivity contribution >= 4 is 27.3 Å². The molecule has 1 N–H and O–H groups in total. The molecule has 0 aliphatic rings. The van der Waals surface area contributed by atoms with E-state index in [1.54, 1.807) is 11.0 Å². The lowest BCUT2D eigenvalue weighted by molar-refractivity contribution is 0.0951. The molecule has 0 spiro atoms. The fraction of sp³-hybridized carbons (Fsp3) is 0.167. The summed E-state index contributed by atoms with van der Waals surface area (Å²) in [4.78, 5) is 16.3. The number of sulfone groups is 1. The number of amides is 1. The van der Waals surface area contributed by atoms with E-state index in [1.165, 1.54) is 24.5 Å². The standard InChI is InChI=1S/C18H17ClN4O3S/c1-27(25,26)15-6-7-17(19)16(8-15)18(24)21-9-13-2-4-14(5-3-13)10-23-12-20-11-22-23/h2-8,11-12H,9-10H2,1H3,(H,21,24). The molecule has 0 atom stereocenters. The van der Waals surface area contributed by atoms with Gasteiger partial charge in [0.15, 0.2) is 9.84 Å². The van der Waals surface area contributed by atoms with Gasteiger partial charge in [0.1, 0.15) is 12.7 Å². The van der Waals surface area contributed by atoms with Crippen LogP contribution in [0.25, 0.3) is 0 Å². The van der Waals surface area contributed by atoms with Crippen LogP contribution in [0.4, 0.5) is 0 Å². The van der Waals surface area contributed by atoms with Crippen molar-refractivity contribution in [3.8, 4) is 0 Å². The molecule has 140 valence electrons. The van der Waals surface area contributed by atoms with E-state index in [0.717, 1.165) is 17.4 Å². The number of rotatable bonds is 6. The van der Waals surface area contributed by atoms with Gasteiger partial charge in [-0.2, -0.15) is 5.10 Å². The summed E-state index contributed by atoms with van der Waals surface area (Å²) in [5, 5.41) is 7.00. The summed E-state index contributed by atoms with van der Waals surface area (Å²) in [7, 11) is -3.42. The minimum absolute atomic E-state index is 0.0505. The Morgan fingerprint density at radius 1 is 1.15 bits per heavy atom. The van der Waals surface area contributed by atoms with Gasteiger partial charge in [0.2, 0.25) is 0 Å². The van der Waals surface area contributed by atoms with Crippen molar-refractivity contribution in [2.45, 2.75) is 18.0 Å². The van der Waals surface area contributed by atoms with Gasteiger partial charge in [-0.25, -0.2) is 18.1 Å². The summed E-state index contributed by atoms with van der Waals surface area (Å²) < 4.78 is 25.0. The first-order valence-electron chi connectivity index (χ1n) is 8.01. The second-order valence-corrected chi connectivity index (χ2v) is 8.43. The summed E-state index contributed by atoms with van der Waals surface area (Å²) >= 11 is 6.04. The molecule has 1 amide bonds. The highest BCUT2D eigenvalue weighted by atomic mass is 35.5. The van der Waals surface area contributed by atoms with Gasteiger partial charge in [-0.05, 0) is 29.3 Å². The number of aromatic nitrogens is 3. The van der Waals surface area contributed by atoms with E-state index >= 15 is 0 Å². The zero-order valence-corrected chi connectivity index (χ0v) is 16.0. The van der Waals surface area contributed by atoms with Crippen LogP contribution in [0.1, 0.15) is 21.5 Å². The quantitative estimate of drug-likeness (QED) is 0.680. The first-order chi connectivity index (χ1) is 12.8. The van der Waals surface area contributed by atoms with Crippen LogP contribution in [0.5, 0.6) is 0 Å². The SMILES string of the molecule is CS(=O)(=O)c1ccc(Cl)c(C(=O)NCc2ccc(Cn3cncn3)cc2)c1. The topological polar surface area (TPSA) is 94.0 Å². The summed E-state index contributed by atoms with van der Waals surface area (Å²) in [6, 6.07) is 11.8. The lowest BCUT2D eigenvalue weighted by Gasteiger charge is -2.09. The summed E-state index contributed by atoms with van der Waals surface area (Å²) in [5.74, 6) is -0.433. The lowest BCUT2D eigenvalue weighted by atomic mass is 10.1. The van der Waals surface area contributed by atoms with Gasteiger partial charge in [0.05, 0.1) is 22.0 Å². The van der Waals surface area contributed by atoms with E-state index in [4.69, 9.17) is 11.6 Å². The Morgan fingerprint density at radius 2 is 1.85 bits per heavy atom. The first kappa shape index (κ1) is 19.1. The fourth-order valence-corrected chi connectivity index (χ4v) is 3.30. The minimum Gasteiger partial charge on any atom is -0.348 e. The Labute approximate surface area is 161 Å². The number of benzene rings is 2. The third-order valence-electron chi connectivity index (χ3n) is 3.90. The molecule has 0 aliphatic heterocycles. The Balaban J connectivity index is 1.65. The molecule has 1 heterocycles. The van der Waals surface area contributed by atoms with E-state index in [1.807, 2.05) is 24.3 Å². The molecule has 0 aliphatic carbocycles. The molecule has 0 saturated heterocycles. The van der Waals surface area contributed by atoms with E-state index in [2.05, 4.69) is 15.4 Å². The molecule has 0 saturated carbocycles. The van der Waals surface area contributed by atoms with Crippen molar-refractivity contribution in [3.05, 3.63) is 76.8 Å². The third-order valence-corrected chi connectivity index (χ3v) is 5.34. The molecule has 9 heteroatoms. The number of hydrogen-bond donors (Lipinski definition) is 1. The number of halogens is 1. The highest BCUT2D eigenvalue weighted by Gasteiger charge is 2.15. The maximum Gasteiger partial charge on any atom is 0.253 e. The summed E-state index contributed by atoms with van der Waals surface area (Å²) in [6.45, 7) is 0.905. The van der Waals surface area contributed by atoms with Gasteiger partial charge in [-0.1, -0.05) is 35.9 Å². The van der Waals surface area contributed by atoms with Crippen LogP contribution in [0, 0.1) is 0 Å². The van der Waals surface area contributed by atoms with Gasteiger partial charge < -0.3 is 5.32 Å². The molecule has 7 nitrogen and oxygen atoms in total. The highest BCUT2D eigenvalue weighted by Crippen LogP contribution is 2.20. The van der Waals surface area contributed by atoms with Crippen molar-refractivity contribution in [2.75, 3.05) is 6.26 Å². The molecule has 0 radical (unpaired) electrons. The van der Waals surface area contributed by atoms with Gasteiger partial charge in [0.25, 0.3) is 5.91 Å². The van der Waals surface area contributed by atoms with Gasteiger partial charge >= 0.3 is 0 Å². The molecule has 0 unspecified atom stereocenters. The first-order valence-corrected chi connectivity index (χ1v) is 10.3. The molecule has 3 aromatic rings. The van der Waals surface area contributed by atoms with Crippen LogP contribution in [0.3, 0.4) is 0 Å². The van der Waals surface area contributed by atoms with E-state index in [0.29, 0.717) is 13.1 Å². The molecule has 1 aromatic heterocycles. The maximum absolute atomic E-state index is 12.4. The van der Waals surface area contributed by atoms with Gasteiger partial charge in [-0.3, -0.25) is 4.79 Å². The zero-order valence-electron chi connectivity index (χ0n) is 14.5. The lowest BCUT2D eigenvalue weighted by Crippen LogP contribution is -2.23. The number of nitrogens with one attached hydrogen (secondary N) is 1. The molecule has 27 heavy (non-hydrogen) atoms.